The summed E-state index contributed by atoms with van der Waals surface area (Å²) in [6.45, 7) is 15.7. The normalized spacial score (nSPS) is 16.2. The van der Waals surface area contributed by atoms with Crippen LogP contribution in [-0.2, 0) is 10.8 Å². The van der Waals surface area contributed by atoms with E-state index in [1.165, 1.54) is 46.2 Å². The van der Waals surface area contributed by atoms with Gasteiger partial charge in [0.2, 0.25) is 0 Å². The molecule has 0 radical (unpaired) electrons. The third-order valence-corrected chi connectivity index (χ3v) is 7.63. The van der Waals surface area contributed by atoms with Crippen LogP contribution in [-0.4, -0.2) is 19.2 Å². The van der Waals surface area contributed by atoms with Crippen molar-refractivity contribution in [2.24, 2.45) is 0 Å². The van der Waals surface area contributed by atoms with E-state index >= 15 is 0 Å². The van der Waals surface area contributed by atoms with Gasteiger partial charge >= 0.3 is 0 Å². The Bertz CT molecular complexity index is 1130. The quantitative estimate of drug-likeness (QED) is 0.317. The largest absolute Gasteiger partial charge is 0.493 e. The van der Waals surface area contributed by atoms with Gasteiger partial charge in [-0.3, -0.25) is 0 Å². The Hall–Kier alpha value is -2.58. The van der Waals surface area contributed by atoms with Crippen molar-refractivity contribution in [3.63, 3.8) is 0 Å². The van der Waals surface area contributed by atoms with Crippen molar-refractivity contribution in [1.29, 1.82) is 0 Å². The molecular formula is C33H43NO. The summed E-state index contributed by atoms with van der Waals surface area (Å²) in [7, 11) is 0. The maximum atomic E-state index is 6.40. The van der Waals surface area contributed by atoms with E-state index in [-0.39, 0.29) is 10.8 Å². The summed E-state index contributed by atoms with van der Waals surface area (Å²) in [5.41, 5.74) is 8.29. The van der Waals surface area contributed by atoms with Crippen LogP contribution in [0.3, 0.4) is 0 Å². The molecule has 0 unspecified atom stereocenters. The van der Waals surface area contributed by atoms with Crippen LogP contribution < -0.4 is 10.1 Å². The highest BCUT2D eigenvalue weighted by molar-refractivity contribution is 5.78. The van der Waals surface area contributed by atoms with Crippen LogP contribution in [0, 0.1) is 0 Å². The first kappa shape index (κ1) is 25.5. The summed E-state index contributed by atoms with van der Waals surface area (Å²) < 4.78 is 6.40. The molecule has 0 heterocycles. The summed E-state index contributed by atoms with van der Waals surface area (Å²) in [4.78, 5) is 0. The molecule has 0 saturated carbocycles. The van der Waals surface area contributed by atoms with Crippen molar-refractivity contribution in [1.82, 2.24) is 5.32 Å². The van der Waals surface area contributed by atoms with Gasteiger partial charge in [0.15, 0.2) is 0 Å². The molecule has 1 aliphatic rings. The van der Waals surface area contributed by atoms with E-state index in [0.717, 1.165) is 31.7 Å². The Morgan fingerprint density at radius 2 is 1.43 bits per heavy atom. The lowest BCUT2D eigenvalue weighted by molar-refractivity contribution is 0.306. The third-order valence-electron chi connectivity index (χ3n) is 7.63. The molecule has 2 nitrogen and oxygen atoms in total. The van der Waals surface area contributed by atoms with E-state index < -0.39 is 0 Å². The molecule has 0 atom stereocenters. The topological polar surface area (TPSA) is 21.3 Å². The van der Waals surface area contributed by atoms with Crippen LogP contribution in [0.5, 0.6) is 5.75 Å². The summed E-state index contributed by atoms with van der Waals surface area (Å²) in [6.07, 6.45) is 4.62. The molecule has 1 N–H and O–H groups in total. The Labute approximate surface area is 213 Å². The molecule has 186 valence electrons. The highest BCUT2D eigenvalue weighted by Gasteiger charge is 2.37. The molecule has 3 aromatic carbocycles. The standard InChI is InChI=1S/C33H43NO/c1-24(2)34-20-10-11-21-35-31-17-15-26(25-12-8-7-9-13-25)22-28(31)27-14-16-29-30(23-27)33(5,6)19-18-32(29,3)4/h7-9,12-17,22-24,34H,10-11,18-21H2,1-6H3. The fraction of sp³-hybridized carbons (Fsp3) is 0.455. The second-order valence-corrected chi connectivity index (χ2v) is 11.8. The molecule has 2 heteroatoms. The fourth-order valence-electron chi connectivity index (χ4n) is 5.25. The van der Waals surface area contributed by atoms with E-state index in [4.69, 9.17) is 4.74 Å². The Morgan fingerprint density at radius 1 is 0.743 bits per heavy atom. The molecule has 0 aromatic heterocycles. The number of fused-ring (bicyclic) bond motifs is 1. The Kier molecular flexibility index (Phi) is 7.71. The van der Waals surface area contributed by atoms with E-state index in [9.17, 15) is 0 Å². The monoisotopic (exact) mass is 469 g/mol. The SMILES string of the molecule is CC(C)NCCCCOc1ccc(-c2ccccc2)cc1-c1ccc2c(c1)C(C)(C)CCC2(C)C. The molecule has 0 spiro atoms. The molecule has 0 saturated heterocycles. The van der Waals surface area contributed by atoms with Crippen molar-refractivity contribution in [3.05, 3.63) is 77.9 Å². The zero-order valence-electron chi connectivity index (χ0n) is 22.6. The molecule has 0 aliphatic heterocycles. The van der Waals surface area contributed by atoms with Gasteiger partial charge in [-0.15, -0.1) is 0 Å². The molecule has 1 aliphatic carbocycles. The van der Waals surface area contributed by atoms with Gasteiger partial charge in [-0.25, -0.2) is 0 Å². The molecule has 0 fully saturated rings. The lowest BCUT2D eigenvalue weighted by Gasteiger charge is -2.42. The first-order chi connectivity index (χ1) is 16.7. The highest BCUT2D eigenvalue weighted by atomic mass is 16.5. The summed E-state index contributed by atoms with van der Waals surface area (Å²) in [6, 6.07) is 25.0. The molecule has 0 amide bonds. The second-order valence-electron chi connectivity index (χ2n) is 11.8. The van der Waals surface area contributed by atoms with Gasteiger partial charge in [0.25, 0.3) is 0 Å². The molecule has 4 rings (SSSR count). The van der Waals surface area contributed by atoms with Crippen LogP contribution in [0.4, 0.5) is 0 Å². The number of nitrogens with one attached hydrogen (secondary N) is 1. The van der Waals surface area contributed by atoms with E-state index in [0.29, 0.717) is 6.04 Å². The number of hydrogen-bond donors (Lipinski definition) is 1. The molecule has 35 heavy (non-hydrogen) atoms. The van der Waals surface area contributed by atoms with Gasteiger partial charge in [0.05, 0.1) is 6.61 Å². The first-order valence-corrected chi connectivity index (χ1v) is 13.4. The van der Waals surface area contributed by atoms with Crippen LogP contribution in [0.15, 0.2) is 66.7 Å². The van der Waals surface area contributed by atoms with E-state index in [1.54, 1.807) is 0 Å². The van der Waals surface area contributed by atoms with E-state index in [2.05, 4.69) is 114 Å². The van der Waals surface area contributed by atoms with Gasteiger partial charge in [0.1, 0.15) is 5.75 Å². The predicted molar refractivity (Wildman–Crippen MR) is 150 cm³/mol. The van der Waals surface area contributed by atoms with Crippen molar-refractivity contribution in [2.45, 2.75) is 84.1 Å². The summed E-state index contributed by atoms with van der Waals surface area (Å²) in [5, 5.41) is 3.49. The minimum absolute atomic E-state index is 0.183. The maximum Gasteiger partial charge on any atom is 0.127 e. The Morgan fingerprint density at radius 3 is 2.14 bits per heavy atom. The number of benzene rings is 3. The number of rotatable bonds is 9. The van der Waals surface area contributed by atoms with Crippen LogP contribution in [0.1, 0.15) is 78.4 Å². The summed E-state index contributed by atoms with van der Waals surface area (Å²) >= 11 is 0. The first-order valence-electron chi connectivity index (χ1n) is 13.4. The minimum atomic E-state index is 0.183. The maximum absolute atomic E-state index is 6.40. The minimum Gasteiger partial charge on any atom is -0.493 e. The zero-order chi connectivity index (χ0) is 25.1. The summed E-state index contributed by atoms with van der Waals surface area (Å²) in [5.74, 6) is 0.981. The van der Waals surface area contributed by atoms with Gasteiger partial charge in [-0.2, -0.15) is 0 Å². The smallest absolute Gasteiger partial charge is 0.127 e. The van der Waals surface area contributed by atoms with Crippen molar-refractivity contribution >= 4 is 0 Å². The van der Waals surface area contributed by atoms with Crippen molar-refractivity contribution in [3.8, 4) is 28.0 Å². The van der Waals surface area contributed by atoms with Crippen molar-refractivity contribution < 1.29 is 4.74 Å². The van der Waals surface area contributed by atoms with Gasteiger partial charge in [-0.05, 0) is 83.0 Å². The van der Waals surface area contributed by atoms with Gasteiger partial charge in [0, 0.05) is 11.6 Å². The Balaban J connectivity index is 1.67. The molecule has 0 bridgehead atoms. The van der Waals surface area contributed by atoms with E-state index in [1.807, 2.05) is 0 Å². The van der Waals surface area contributed by atoms with Crippen LogP contribution in [0.25, 0.3) is 22.3 Å². The fourth-order valence-corrected chi connectivity index (χ4v) is 5.25. The number of ether oxygens (including phenoxy) is 1. The zero-order valence-corrected chi connectivity index (χ0v) is 22.6. The van der Waals surface area contributed by atoms with Crippen LogP contribution in [0.2, 0.25) is 0 Å². The lowest BCUT2D eigenvalue weighted by atomic mass is 9.63. The predicted octanol–water partition coefficient (Wildman–Crippen LogP) is 8.53. The number of unbranched alkanes of at least 4 members (excludes halogenated alkanes) is 1. The lowest BCUT2D eigenvalue weighted by Crippen LogP contribution is -2.33. The van der Waals surface area contributed by atoms with Gasteiger partial charge in [-0.1, -0.05) is 96.1 Å². The second kappa shape index (κ2) is 10.6. The van der Waals surface area contributed by atoms with Crippen LogP contribution >= 0.6 is 0 Å². The molecular weight excluding hydrogens is 426 g/mol. The third kappa shape index (κ3) is 5.98. The molecule has 3 aromatic rings. The average Bonchev–Trinajstić information content (AvgIpc) is 2.84. The highest BCUT2D eigenvalue weighted by Crippen LogP contribution is 2.47. The van der Waals surface area contributed by atoms with Crippen molar-refractivity contribution in [2.75, 3.05) is 13.2 Å². The number of hydrogen-bond acceptors (Lipinski definition) is 2. The van der Waals surface area contributed by atoms with Gasteiger partial charge < -0.3 is 10.1 Å². The average molecular weight is 470 g/mol.